The number of ether oxygens (including phenoxy) is 1. The second-order valence-corrected chi connectivity index (χ2v) is 8.74. The van der Waals surface area contributed by atoms with Gasteiger partial charge in [0.2, 0.25) is 0 Å². The van der Waals surface area contributed by atoms with Gasteiger partial charge in [-0.05, 0) is 43.7 Å². The summed E-state index contributed by atoms with van der Waals surface area (Å²) in [4.78, 5) is 25.4. The van der Waals surface area contributed by atoms with E-state index in [1.165, 1.54) is 25.4 Å². The van der Waals surface area contributed by atoms with Gasteiger partial charge in [0.15, 0.2) is 0 Å². The normalized spacial score (nSPS) is 15.9. The van der Waals surface area contributed by atoms with Crippen LogP contribution in [0.15, 0.2) is 60.9 Å². The average molecular weight is 511 g/mol. The van der Waals surface area contributed by atoms with Gasteiger partial charge in [-0.2, -0.15) is 13.2 Å². The number of anilines is 3. The molecule has 0 radical (unpaired) electrons. The van der Waals surface area contributed by atoms with Gasteiger partial charge in [-0.1, -0.05) is 18.2 Å². The van der Waals surface area contributed by atoms with Gasteiger partial charge < -0.3 is 25.3 Å². The first-order chi connectivity index (χ1) is 17.8. The van der Waals surface area contributed by atoms with Crippen LogP contribution >= 0.6 is 0 Å². The molecule has 1 atom stereocenters. The maximum atomic E-state index is 13.5. The van der Waals surface area contributed by atoms with E-state index in [4.69, 9.17) is 4.74 Å². The Morgan fingerprint density at radius 3 is 2.73 bits per heavy atom. The number of aromatic nitrogens is 3. The molecule has 1 amide bonds. The monoisotopic (exact) mass is 510 g/mol. The Morgan fingerprint density at radius 1 is 1.16 bits per heavy atom. The van der Waals surface area contributed by atoms with Crippen molar-refractivity contribution in [2.24, 2.45) is 0 Å². The second-order valence-electron chi connectivity index (χ2n) is 8.74. The van der Waals surface area contributed by atoms with Crippen molar-refractivity contribution < 1.29 is 22.7 Å². The molecule has 11 heteroatoms. The zero-order chi connectivity index (χ0) is 26.0. The van der Waals surface area contributed by atoms with Gasteiger partial charge in [-0.3, -0.25) is 9.78 Å². The van der Waals surface area contributed by atoms with Gasteiger partial charge in [-0.15, -0.1) is 0 Å². The quantitative estimate of drug-likeness (QED) is 0.337. The molecule has 1 aliphatic rings. The van der Waals surface area contributed by atoms with Crippen LogP contribution in [0.2, 0.25) is 0 Å². The van der Waals surface area contributed by atoms with Crippen molar-refractivity contribution in [3.05, 3.63) is 60.9 Å². The number of halogens is 3. The fraction of sp³-hybridized carbons (Fsp3) is 0.269. The standard InChI is InChI=1S/C26H25F3N6O2/c1-37-23-12-17(35(25(36)26(27,28)29)18-6-4-10-30-13-18)8-9-20(23)33-24-15-31-14-22(34-24)21-11-16-5-2-3-7-19(16)32-21/h2-3,5,7-9,11-12,14-15,18,30,32H,4,6,10,13H2,1H3,(H,33,34). The SMILES string of the molecule is COc1cc(N(C(=O)C(F)(F)F)C2CCCNC2)ccc1Nc1cncc(-c2cc3ccccc3[nH]2)n1. The third-order valence-electron chi connectivity index (χ3n) is 6.26. The highest BCUT2D eigenvalue weighted by Gasteiger charge is 2.45. The van der Waals surface area contributed by atoms with Gasteiger partial charge in [0.25, 0.3) is 0 Å². The second kappa shape index (κ2) is 10.1. The third kappa shape index (κ3) is 5.21. The van der Waals surface area contributed by atoms with Crippen molar-refractivity contribution in [2.75, 3.05) is 30.4 Å². The topological polar surface area (TPSA) is 95.2 Å². The number of H-pyrrole nitrogens is 1. The summed E-state index contributed by atoms with van der Waals surface area (Å²) in [5.41, 5.74) is 2.96. The van der Waals surface area contributed by atoms with Gasteiger partial charge in [0, 0.05) is 35.2 Å². The third-order valence-corrected chi connectivity index (χ3v) is 6.26. The molecule has 2 aromatic heterocycles. The lowest BCUT2D eigenvalue weighted by Gasteiger charge is -2.35. The van der Waals surface area contributed by atoms with Crippen LogP contribution in [-0.4, -0.2) is 53.3 Å². The van der Waals surface area contributed by atoms with Crippen molar-refractivity contribution in [2.45, 2.75) is 25.1 Å². The molecule has 5 rings (SSSR count). The Hall–Kier alpha value is -4.12. The van der Waals surface area contributed by atoms with Crippen molar-refractivity contribution >= 4 is 34.0 Å². The largest absolute Gasteiger partial charge is 0.494 e. The Labute approximate surface area is 210 Å². The summed E-state index contributed by atoms with van der Waals surface area (Å²) in [5, 5.41) is 7.23. The highest BCUT2D eigenvalue weighted by Crippen LogP contribution is 2.35. The van der Waals surface area contributed by atoms with Crippen LogP contribution < -0.4 is 20.3 Å². The smallest absolute Gasteiger partial charge is 0.471 e. The van der Waals surface area contributed by atoms with Crippen LogP contribution in [0.4, 0.5) is 30.4 Å². The lowest BCUT2D eigenvalue weighted by Crippen LogP contribution is -2.53. The van der Waals surface area contributed by atoms with E-state index in [2.05, 4.69) is 25.6 Å². The Balaban J connectivity index is 1.43. The molecule has 4 aromatic rings. The number of para-hydroxylation sites is 1. The first kappa shape index (κ1) is 24.6. The van der Waals surface area contributed by atoms with E-state index in [1.807, 2.05) is 30.3 Å². The highest BCUT2D eigenvalue weighted by atomic mass is 19.4. The minimum absolute atomic E-state index is 0.108. The first-order valence-electron chi connectivity index (χ1n) is 11.8. The van der Waals surface area contributed by atoms with Crippen molar-refractivity contribution in [3.63, 3.8) is 0 Å². The van der Waals surface area contributed by atoms with Crippen LogP contribution in [0.1, 0.15) is 12.8 Å². The number of alkyl halides is 3. The van der Waals surface area contributed by atoms with E-state index in [0.29, 0.717) is 36.6 Å². The molecule has 2 aromatic carbocycles. The van der Waals surface area contributed by atoms with Crippen molar-refractivity contribution in [3.8, 4) is 17.1 Å². The van der Waals surface area contributed by atoms with E-state index in [-0.39, 0.29) is 18.0 Å². The summed E-state index contributed by atoms with van der Waals surface area (Å²) < 4.78 is 45.8. The summed E-state index contributed by atoms with van der Waals surface area (Å²) in [6.45, 7) is 0.982. The molecule has 1 unspecified atom stereocenters. The number of amides is 1. The molecular formula is C26H25F3N6O2. The number of hydrogen-bond acceptors (Lipinski definition) is 6. The van der Waals surface area contributed by atoms with Crippen molar-refractivity contribution in [1.29, 1.82) is 0 Å². The van der Waals surface area contributed by atoms with Crippen molar-refractivity contribution in [1.82, 2.24) is 20.3 Å². The number of aromatic amines is 1. The number of nitrogens with zero attached hydrogens (tertiary/aromatic N) is 3. The van der Waals surface area contributed by atoms with Gasteiger partial charge >= 0.3 is 12.1 Å². The van der Waals surface area contributed by atoms with E-state index < -0.39 is 18.1 Å². The maximum absolute atomic E-state index is 13.5. The number of nitrogens with one attached hydrogen (secondary N) is 3. The maximum Gasteiger partial charge on any atom is 0.471 e. The van der Waals surface area contributed by atoms with Crippen LogP contribution in [0, 0.1) is 0 Å². The summed E-state index contributed by atoms with van der Waals surface area (Å²) in [6.07, 6.45) is -0.691. The molecule has 1 fully saturated rings. The molecule has 3 N–H and O–H groups in total. The summed E-state index contributed by atoms with van der Waals surface area (Å²) in [6, 6.07) is 13.7. The number of carbonyl (C=O) groups excluding carboxylic acids is 1. The number of fused-ring (bicyclic) bond motifs is 1. The molecular weight excluding hydrogens is 485 g/mol. The van der Waals surface area contributed by atoms with Crippen LogP contribution in [-0.2, 0) is 4.79 Å². The summed E-state index contributed by atoms with van der Waals surface area (Å²) in [5.74, 6) is -1.22. The van der Waals surface area contributed by atoms with Crippen LogP contribution in [0.3, 0.4) is 0 Å². The fourth-order valence-electron chi connectivity index (χ4n) is 4.52. The van der Waals surface area contributed by atoms with Crippen LogP contribution in [0.25, 0.3) is 22.3 Å². The fourth-order valence-corrected chi connectivity index (χ4v) is 4.52. The molecule has 192 valence electrons. The Bertz CT molecular complexity index is 1380. The highest BCUT2D eigenvalue weighted by molar-refractivity contribution is 5.98. The summed E-state index contributed by atoms with van der Waals surface area (Å²) >= 11 is 0. The molecule has 1 saturated heterocycles. The first-order valence-corrected chi connectivity index (χ1v) is 11.8. The number of carbonyl (C=O) groups is 1. The molecule has 0 spiro atoms. The number of benzene rings is 2. The number of methoxy groups -OCH3 is 1. The van der Waals surface area contributed by atoms with E-state index in [0.717, 1.165) is 21.5 Å². The predicted molar refractivity (Wildman–Crippen MR) is 135 cm³/mol. The van der Waals surface area contributed by atoms with E-state index in [1.54, 1.807) is 12.3 Å². The number of hydrogen-bond donors (Lipinski definition) is 3. The molecule has 0 aliphatic carbocycles. The average Bonchev–Trinajstić information content (AvgIpc) is 3.34. The molecule has 37 heavy (non-hydrogen) atoms. The Morgan fingerprint density at radius 2 is 2.00 bits per heavy atom. The zero-order valence-electron chi connectivity index (χ0n) is 20.0. The lowest BCUT2D eigenvalue weighted by molar-refractivity contribution is -0.171. The van der Waals surface area contributed by atoms with E-state index >= 15 is 0 Å². The predicted octanol–water partition coefficient (Wildman–Crippen LogP) is 5.02. The number of rotatable bonds is 6. The minimum Gasteiger partial charge on any atom is -0.494 e. The molecule has 8 nitrogen and oxygen atoms in total. The van der Waals surface area contributed by atoms with Gasteiger partial charge in [0.1, 0.15) is 17.3 Å². The summed E-state index contributed by atoms with van der Waals surface area (Å²) in [7, 11) is 1.41. The molecule has 3 heterocycles. The zero-order valence-corrected chi connectivity index (χ0v) is 20.0. The van der Waals surface area contributed by atoms with Crippen LogP contribution in [0.5, 0.6) is 5.75 Å². The Kier molecular flexibility index (Phi) is 6.70. The molecule has 0 bridgehead atoms. The molecule has 0 saturated carbocycles. The number of piperidine rings is 1. The minimum atomic E-state index is -5.00. The van der Waals surface area contributed by atoms with Gasteiger partial charge in [-0.25, -0.2) is 4.98 Å². The lowest BCUT2D eigenvalue weighted by atomic mass is 10.0. The van der Waals surface area contributed by atoms with E-state index in [9.17, 15) is 18.0 Å². The molecule has 1 aliphatic heterocycles. The van der Waals surface area contributed by atoms with Gasteiger partial charge in [0.05, 0.1) is 30.9 Å².